The first-order chi connectivity index (χ1) is 11.5. The summed E-state index contributed by atoms with van der Waals surface area (Å²) in [7, 11) is 2.82. The fraction of sp³-hybridized carbons (Fsp3) is 0.111. The average Bonchev–Trinajstić information content (AvgIpc) is 2.58. The van der Waals surface area contributed by atoms with Crippen molar-refractivity contribution in [1.82, 2.24) is 10.0 Å². The van der Waals surface area contributed by atoms with Crippen molar-refractivity contribution in [2.75, 3.05) is 14.2 Å². The van der Waals surface area contributed by atoms with Crippen molar-refractivity contribution in [3.63, 3.8) is 0 Å². The molecule has 0 saturated heterocycles. The first kappa shape index (κ1) is 16.0. The Morgan fingerprint density at radius 3 is 2.50 bits per heavy atom. The molecule has 1 aromatic heterocycles. The van der Waals surface area contributed by atoms with Gasteiger partial charge in [0.1, 0.15) is 11.6 Å². The van der Waals surface area contributed by atoms with E-state index in [-0.39, 0.29) is 11.1 Å². The molecule has 3 aromatic rings. The molecule has 0 spiro atoms. The van der Waals surface area contributed by atoms with Gasteiger partial charge in [-0.2, -0.15) is 0 Å². The fourth-order valence-corrected chi connectivity index (χ4v) is 2.57. The van der Waals surface area contributed by atoms with E-state index in [0.717, 1.165) is 16.5 Å². The number of hydroxylamine groups is 2. The van der Waals surface area contributed by atoms with Crippen molar-refractivity contribution in [3.8, 4) is 11.1 Å². The minimum absolute atomic E-state index is 0.240. The predicted molar refractivity (Wildman–Crippen MR) is 86.2 cm³/mol. The molecule has 1 amide bonds. The summed E-state index contributed by atoms with van der Waals surface area (Å²) in [6, 6.07) is 10.0. The van der Waals surface area contributed by atoms with Gasteiger partial charge in [-0.15, -0.1) is 0 Å². The molecule has 2 aromatic carbocycles. The molecule has 6 heteroatoms. The second-order valence-electron chi connectivity index (χ2n) is 5.21. The molecule has 0 unspecified atom stereocenters. The van der Waals surface area contributed by atoms with Gasteiger partial charge in [-0.05, 0) is 29.8 Å². The van der Waals surface area contributed by atoms with Gasteiger partial charge in [0.25, 0.3) is 5.91 Å². The zero-order valence-electron chi connectivity index (χ0n) is 13.1. The van der Waals surface area contributed by atoms with Gasteiger partial charge in [-0.25, -0.2) is 13.8 Å². The number of aromatic nitrogens is 1. The van der Waals surface area contributed by atoms with Crippen LogP contribution >= 0.6 is 0 Å². The van der Waals surface area contributed by atoms with E-state index in [1.807, 2.05) is 6.07 Å². The van der Waals surface area contributed by atoms with E-state index >= 15 is 0 Å². The third-order valence-electron chi connectivity index (χ3n) is 3.72. The van der Waals surface area contributed by atoms with Crippen LogP contribution in [0.15, 0.2) is 48.7 Å². The van der Waals surface area contributed by atoms with Crippen LogP contribution < -0.4 is 0 Å². The standard InChI is InChI=1S/C18H14F2N2O2/c1-22(24-2)18(23)15-6-5-11-4-3-7-21-17(11)16(15)12-8-13(19)10-14(20)9-12/h3-10H,1-2H3. The minimum atomic E-state index is -0.726. The Kier molecular flexibility index (Phi) is 4.22. The van der Waals surface area contributed by atoms with E-state index in [1.54, 1.807) is 24.4 Å². The molecule has 0 aliphatic heterocycles. The number of halogens is 2. The first-order valence-electron chi connectivity index (χ1n) is 7.17. The van der Waals surface area contributed by atoms with Gasteiger partial charge in [0.05, 0.1) is 18.2 Å². The maximum absolute atomic E-state index is 13.7. The van der Waals surface area contributed by atoms with Crippen molar-refractivity contribution in [1.29, 1.82) is 0 Å². The molecule has 0 aliphatic carbocycles. The lowest BCUT2D eigenvalue weighted by Crippen LogP contribution is -2.26. The summed E-state index contributed by atoms with van der Waals surface area (Å²) in [4.78, 5) is 21.8. The van der Waals surface area contributed by atoms with Crippen LogP contribution in [0.2, 0.25) is 0 Å². The number of benzene rings is 2. The topological polar surface area (TPSA) is 42.4 Å². The molecule has 0 saturated carbocycles. The molecule has 0 aliphatic rings. The van der Waals surface area contributed by atoms with Crippen LogP contribution in [0.3, 0.4) is 0 Å². The summed E-state index contributed by atoms with van der Waals surface area (Å²) >= 11 is 0. The molecule has 0 N–H and O–H groups in total. The SMILES string of the molecule is CON(C)C(=O)c1ccc2cccnc2c1-c1cc(F)cc(F)c1. The molecule has 0 radical (unpaired) electrons. The zero-order valence-corrected chi connectivity index (χ0v) is 13.1. The van der Waals surface area contributed by atoms with Gasteiger partial charge in [-0.1, -0.05) is 12.1 Å². The first-order valence-corrected chi connectivity index (χ1v) is 7.17. The molecule has 24 heavy (non-hydrogen) atoms. The van der Waals surface area contributed by atoms with Gasteiger partial charge in [0, 0.05) is 30.3 Å². The Bertz CT molecular complexity index is 908. The van der Waals surface area contributed by atoms with Crippen LogP contribution in [-0.4, -0.2) is 30.1 Å². The highest BCUT2D eigenvalue weighted by molar-refractivity contribution is 6.08. The molecular formula is C18H14F2N2O2. The number of fused-ring (bicyclic) bond motifs is 1. The third kappa shape index (κ3) is 2.83. The molecule has 3 rings (SSSR count). The Balaban J connectivity index is 2.35. The van der Waals surface area contributed by atoms with Crippen LogP contribution in [0.4, 0.5) is 8.78 Å². The van der Waals surface area contributed by atoms with Crippen molar-refractivity contribution in [2.24, 2.45) is 0 Å². The number of rotatable bonds is 3. The number of carbonyl (C=O) groups is 1. The van der Waals surface area contributed by atoms with Crippen LogP contribution in [0.25, 0.3) is 22.0 Å². The van der Waals surface area contributed by atoms with Gasteiger partial charge in [0.15, 0.2) is 0 Å². The number of amides is 1. The maximum atomic E-state index is 13.7. The lowest BCUT2D eigenvalue weighted by molar-refractivity contribution is -0.0756. The zero-order chi connectivity index (χ0) is 17.3. The minimum Gasteiger partial charge on any atom is -0.274 e. The number of carbonyl (C=O) groups excluding carboxylic acids is 1. The quantitative estimate of drug-likeness (QED) is 0.687. The number of hydrogen-bond acceptors (Lipinski definition) is 3. The van der Waals surface area contributed by atoms with Gasteiger partial charge in [-0.3, -0.25) is 14.6 Å². The summed E-state index contributed by atoms with van der Waals surface area (Å²) < 4.78 is 27.4. The summed E-state index contributed by atoms with van der Waals surface area (Å²) in [6.07, 6.45) is 1.57. The Labute approximate surface area is 137 Å². The van der Waals surface area contributed by atoms with Crippen LogP contribution in [0, 0.1) is 11.6 Å². The lowest BCUT2D eigenvalue weighted by atomic mass is 9.95. The molecule has 4 nitrogen and oxygen atoms in total. The predicted octanol–water partition coefficient (Wildman–Crippen LogP) is 3.81. The summed E-state index contributed by atoms with van der Waals surface area (Å²) in [5.41, 5.74) is 1.33. The highest BCUT2D eigenvalue weighted by Gasteiger charge is 2.20. The van der Waals surface area contributed by atoms with E-state index in [1.165, 1.54) is 26.3 Å². The number of hydrogen-bond donors (Lipinski definition) is 0. The Hall–Kier alpha value is -2.86. The molecule has 0 atom stereocenters. The van der Waals surface area contributed by atoms with E-state index in [4.69, 9.17) is 4.84 Å². The summed E-state index contributed by atoms with van der Waals surface area (Å²) in [6.45, 7) is 0. The molecular weight excluding hydrogens is 314 g/mol. The number of nitrogens with zero attached hydrogens (tertiary/aromatic N) is 2. The molecule has 0 fully saturated rings. The Morgan fingerprint density at radius 1 is 1.12 bits per heavy atom. The van der Waals surface area contributed by atoms with Crippen LogP contribution in [-0.2, 0) is 4.84 Å². The fourth-order valence-electron chi connectivity index (χ4n) is 2.57. The van der Waals surface area contributed by atoms with Crippen molar-refractivity contribution in [2.45, 2.75) is 0 Å². The molecule has 1 heterocycles. The normalized spacial score (nSPS) is 10.8. The van der Waals surface area contributed by atoms with E-state index < -0.39 is 17.5 Å². The van der Waals surface area contributed by atoms with E-state index in [9.17, 15) is 13.6 Å². The summed E-state index contributed by atoms with van der Waals surface area (Å²) in [5, 5.41) is 1.80. The lowest BCUT2D eigenvalue weighted by Gasteiger charge is -2.17. The maximum Gasteiger partial charge on any atom is 0.277 e. The number of pyridine rings is 1. The largest absolute Gasteiger partial charge is 0.277 e. The molecule has 122 valence electrons. The summed E-state index contributed by atoms with van der Waals surface area (Å²) in [5.74, 6) is -1.89. The second-order valence-corrected chi connectivity index (χ2v) is 5.21. The van der Waals surface area contributed by atoms with Crippen molar-refractivity contribution >= 4 is 16.8 Å². The van der Waals surface area contributed by atoms with Crippen molar-refractivity contribution < 1.29 is 18.4 Å². The third-order valence-corrected chi connectivity index (χ3v) is 3.72. The Morgan fingerprint density at radius 2 is 1.83 bits per heavy atom. The van der Waals surface area contributed by atoms with Gasteiger partial charge in [0.2, 0.25) is 0 Å². The highest BCUT2D eigenvalue weighted by atomic mass is 19.1. The monoisotopic (exact) mass is 328 g/mol. The van der Waals surface area contributed by atoms with Crippen molar-refractivity contribution in [3.05, 3.63) is 65.9 Å². The highest BCUT2D eigenvalue weighted by Crippen LogP contribution is 2.32. The van der Waals surface area contributed by atoms with Crippen LogP contribution in [0.5, 0.6) is 0 Å². The van der Waals surface area contributed by atoms with E-state index in [2.05, 4.69) is 4.98 Å². The van der Waals surface area contributed by atoms with Crippen LogP contribution in [0.1, 0.15) is 10.4 Å². The molecule has 0 bridgehead atoms. The van der Waals surface area contributed by atoms with Gasteiger partial charge >= 0.3 is 0 Å². The average molecular weight is 328 g/mol. The second kappa shape index (κ2) is 6.33. The van der Waals surface area contributed by atoms with E-state index in [0.29, 0.717) is 11.1 Å². The smallest absolute Gasteiger partial charge is 0.274 e. The van der Waals surface area contributed by atoms with Gasteiger partial charge < -0.3 is 0 Å².